The summed E-state index contributed by atoms with van der Waals surface area (Å²) in [5, 5.41) is 12.7. The summed E-state index contributed by atoms with van der Waals surface area (Å²) in [6.07, 6.45) is 3.41. The molecule has 1 fully saturated rings. The van der Waals surface area contributed by atoms with E-state index in [1.807, 2.05) is 26.0 Å². The summed E-state index contributed by atoms with van der Waals surface area (Å²) in [5.41, 5.74) is 3.52. The molecule has 1 aliphatic rings. The Hall–Kier alpha value is -2.70. The predicted octanol–water partition coefficient (Wildman–Crippen LogP) is 2.88. The highest BCUT2D eigenvalue weighted by Crippen LogP contribution is 2.33. The zero-order chi connectivity index (χ0) is 18.0. The Morgan fingerprint density at radius 3 is 2.72 bits per heavy atom. The molecule has 0 aliphatic carbocycles. The number of amides is 1. The molecule has 25 heavy (non-hydrogen) atoms. The van der Waals surface area contributed by atoms with Gasteiger partial charge in [0, 0.05) is 30.3 Å². The average Bonchev–Trinajstić information content (AvgIpc) is 3.20. The molecule has 0 spiro atoms. The fourth-order valence-electron chi connectivity index (χ4n) is 3.38. The summed E-state index contributed by atoms with van der Waals surface area (Å²) in [4.78, 5) is 29.3. The van der Waals surface area contributed by atoms with Crippen LogP contribution in [0, 0.1) is 13.8 Å². The summed E-state index contributed by atoms with van der Waals surface area (Å²) >= 11 is 0. The van der Waals surface area contributed by atoms with Gasteiger partial charge in [-0.15, -0.1) is 0 Å². The lowest BCUT2D eigenvalue weighted by molar-refractivity contribution is -0.141. The number of likely N-dealkylation sites (tertiary alicyclic amines) is 1. The molecule has 3 heterocycles. The van der Waals surface area contributed by atoms with Crippen LogP contribution in [0.1, 0.15) is 48.9 Å². The Morgan fingerprint density at radius 2 is 2.12 bits per heavy atom. The van der Waals surface area contributed by atoms with E-state index >= 15 is 0 Å². The fraction of sp³-hybridized carbons (Fsp3) is 0.444. The normalized spacial score (nSPS) is 17.0. The van der Waals surface area contributed by atoms with Crippen LogP contribution in [0.2, 0.25) is 0 Å². The second-order valence-corrected chi connectivity index (χ2v) is 6.31. The summed E-state index contributed by atoms with van der Waals surface area (Å²) < 4.78 is 5.20. The van der Waals surface area contributed by atoms with E-state index in [0.29, 0.717) is 6.54 Å². The van der Waals surface area contributed by atoms with Crippen LogP contribution in [0.15, 0.2) is 22.9 Å². The molecule has 132 valence electrons. The van der Waals surface area contributed by atoms with Gasteiger partial charge in [-0.05, 0) is 32.8 Å². The van der Waals surface area contributed by atoms with Gasteiger partial charge in [0.2, 0.25) is 5.91 Å². The van der Waals surface area contributed by atoms with Crippen molar-refractivity contribution >= 4 is 11.9 Å². The van der Waals surface area contributed by atoms with Gasteiger partial charge in [0.1, 0.15) is 5.76 Å². The largest absolute Gasteiger partial charge is 0.481 e. The molecule has 0 radical (unpaired) electrons. The minimum Gasteiger partial charge on any atom is -0.481 e. The third kappa shape index (κ3) is 3.55. The molecule has 0 bridgehead atoms. The zero-order valence-electron chi connectivity index (χ0n) is 14.4. The van der Waals surface area contributed by atoms with Crippen molar-refractivity contribution in [3.63, 3.8) is 0 Å². The van der Waals surface area contributed by atoms with Crippen molar-refractivity contribution in [3.8, 4) is 11.1 Å². The van der Waals surface area contributed by atoms with Crippen LogP contribution in [0.5, 0.6) is 0 Å². The van der Waals surface area contributed by atoms with Crippen molar-refractivity contribution in [3.05, 3.63) is 35.5 Å². The molecule has 1 aliphatic heterocycles. The first-order chi connectivity index (χ1) is 12.0. The van der Waals surface area contributed by atoms with Gasteiger partial charge in [-0.3, -0.25) is 14.6 Å². The van der Waals surface area contributed by atoms with Gasteiger partial charge >= 0.3 is 5.97 Å². The van der Waals surface area contributed by atoms with Crippen molar-refractivity contribution < 1.29 is 19.2 Å². The first-order valence-corrected chi connectivity index (χ1v) is 8.38. The number of hydrogen-bond donors (Lipinski definition) is 1. The number of rotatable bonds is 5. The van der Waals surface area contributed by atoms with E-state index in [4.69, 9.17) is 9.63 Å². The molecule has 3 rings (SSSR count). The molecular weight excluding hydrogens is 322 g/mol. The van der Waals surface area contributed by atoms with Gasteiger partial charge in [0.25, 0.3) is 0 Å². The topological polar surface area (TPSA) is 96.5 Å². The standard InChI is InChI=1S/C18H21N3O4/c1-11-18(12(2)25-20-11)13-5-6-14(19-10-13)15-4-3-9-21(15)16(22)7-8-17(23)24/h5-6,10,15H,3-4,7-9H2,1-2H3,(H,23,24). The Balaban J connectivity index is 1.77. The summed E-state index contributed by atoms with van der Waals surface area (Å²) in [6, 6.07) is 3.81. The Bertz CT molecular complexity index is 763. The molecule has 0 saturated carbocycles. The van der Waals surface area contributed by atoms with E-state index < -0.39 is 5.97 Å². The summed E-state index contributed by atoms with van der Waals surface area (Å²) in [7, 11) is 0. The van der Waals surface area contributed by atoms with Crippen LogP contribution in [0.3, 0.4) is 0 Å². The molecule has 0 aromatic carbocycles. The molecule has 1 amide bonds. The van der Waals surface area contributed by atoms with E-state index in [2.05, 4.69) is 10.1 Å². The number of carboxylic acids is 1. The monoisotopic (exact) mass is 343 g/mol. The lowest BCUT2D eigenvalue weighted by Gasteiger charge is -2.24. The molecule has 2 aromatic rings. The van der Waals surface area contributed by atoms with Crippen LogP contribution < -0.4 is 0 Å². The van der Waals surface area contributed by atoms with Crippen LogP contribution >= 0.6 is 0 Å². The van der Waals surface area contributed by atoms with E-state index in [-0.39, 0.29) is 24.8 Å². The highest BCUT2D eigenvalue weighted by molar-refractivity contribution is 5.81. The summed E-state index contributed by atoms with van der Waals surface area (Å²) in [6.45, 7) is 4.40. The van der Waals surface area contributed by atoms with Crippen molar-refractivity contribution in [2.24, 2.45) is 0 Å². The number of hydrogen-bond acceptors (Lipinski definition) is 5. The Kier molecular flexibility index (Phi) is 4.83. The molecule has 1 unspecified atom stereocenters. The Morgan fingerprint density at radius 1 is 1.32 bits per heavy atom. The van der Waals surface area contributed by atoms with Crippen LogP contribution in [-0.2, 0) is 9.59 Å². The maximum absolute atomic E-state index is 12.3. The average molecular weight is 343 g/mol. The van der Waals surface area contributed by atoms with Crippen LogP contribution in [0.25, 0.3) is 11.1 Å². The van der Waals surface area contributed by atoms with E-state index in [1.54, 1.807) is 11.1 Å². The number of aromatic nitrogens is 2. The second kappa shape index (κ2) is 7.04. The lowest BCUT2D eigenvalue weighted by Crippen LogP contribution is -2.31. The number of aliphatic carboxylic acids is 1. The number of pyridine rings is 1. The van der Waals surface area contributed by atoms with E-state index in [1.165, 1.54) is 0 Å². The molecule has 7 nitrogen and oxygen atoms in total. The van der Waals surface area contributed by atoms with Gasteiger partial charge in [-0.25, -0.2) is 0 Å². The van der Waals surface area contributed by atoms with E-state index in [9.17, 15) is 9.59 Å². The number of carbonyl (C=O) groups is 2. The van der Waals surface area contributed by atoms with Crippen LogP contribution in [0.4, 0.5) is 0 Å². The van der Waals surface area contributed by atoms with Crippen molar-refractivity contribution in [1.82, 2.24) is 15.0 Å². The number of carboxylic acid groups (broad SMARTS) is 1. The smallest absolute Gasteiger partial charge is 0.303 e. The van der Waals surface area contributed by atoms with Gasteiger partial charge in [-0.2, -0.15) is 0 Å². The zero-order valence-corrected chi connectivity index (χ0v) is 14.4. The first kappa shape index (κ1) is 17.1. The van der Waals surface area contributed by atoms with E-state index in [0.717, 1.165) is 41.1 Å². The number of carbonyl (C=O) groups excluding carboxylic acids is 1. The van der Waals surface area contributed by atoms with Gasteiger partial charge < -0.3 is 14.5 Å². The molecule has 2 aromatic heterocycles. The quantitative estimate of drug-likeness (QED) is 0.896. The first-order valence-electron chi connectivity index (χ1n) is 8.38. The maximum Gasteiger partial charge on any atom is 0.303 e. The minimum atomic E-state index is -0.953. The highest BCUT2D eigenvalue weighted by Gasteiger charge is 2.30. The third-order valence-electron chi connectivity index (χ3n) is 4.58. The van der Waals surface area contributed by atoms with Crippen molar-refractivity contribution in [1.29, 1.82) is 0 Å². The molecule has 1 saturated heterocycles. The minimum absolute atomic E-state index is 0.0307. The second-order valence-electron chi connectivity index (χ2n) is 6.31. The summed E-state index contributed by atoms with van der Waals surface area (Å²) in [5.74, 6) is -0.328. The molecule has 1 atom stereocenters. The van der Waals surface area contributed by atoms with Gasteiger partial charge in [0.15, 0.2) is 0 Å². The van der Waals surface area contributed by atoms with Gasteiger partial charge in [0.05, 0.1) is 23.9 Å². The number of nitrogens with zero attached hydrogens (tertiary/aromatic N) is 3. The number of aryl methyl sites for hydroxylation is 2. The fourth-order valence-corrected chi connectivity index (χ4v) is 3.38. The Labute approximate surface area is 145 Å². The van der Waals surface area contributed by atoms with Crippen molar-refractivity contribution in [2.75, 3.05) is 6.54 Å². The highest BCUT2D eigenvalue weighted by atomic mass is 16.5. The SMILES string of the molecule is Cc1noc(C)c1-c1ccc(C2CCCN2C(=O)CCC(=O)O)nc1. The predicted molar refractivity (Wildman–Crippen MR) is 89.8 cm³/mol. The molecule has 1 N–H and O–H groups in total. The lowest BCUT2D eigenvalue weighted by atomic mass is 10.0. The van der Waals surface area contributed by atoms with Gasteiger partial charge in [-0.1, -0.05) is 11.2 Å². The van der Waals surface area contributed by atoms with Crippen molar-refractivity contribution in [2.45, 2.75) is 45.6 Å². The molecule has 7 heteroatoms. The van der Waals surface area contributed by atoms with Crippen LogP contribution in [-0.4, -0.2) is 38.6 Å². The third-order valence-corrected chi connectivity index (χ3v) is 4.58. The maximum atomic E-state index is 12.3. The molecular formula is C18H21N3O4.